The Bertz CT molecular complexity index is 913. The number of hydrogen-bond donors (Lipinski definition) is 4. The number of carbonyl (C=O) groups is 2. The molecule has 0 radical (unpaired) electrons. The van der Waals surface area contributed by atoms with E-state index in [1.165, 1.54) is 18.4 Å². The van der Waals surface area contributed by atoms with Crippen LogP contribution in [0, 0.1) is 34.0 Å². The second kappa shape index (κ2) is 9.51. The number of hydrogen-bond acceptors (Lipinski definition) is 6. The van der Waals surface area contributed by atoms with E-state index < -0.39 is 23.4 Å². The molecule has 7 atom stereocenters. The summed E-state index contributed by atoms with van der Waals surface area (Å²) in [5.41, 5.74) is 1.57. The summed E-state index contributed by atoms with van der Waals surface area (Å²) in [4.78, 5) is 28.5. The number of oxime groups is 1. The molecule has 0 saturated heterocycles. The maximum Gasteiger partial charge on any atom is 0.333 e. The summed E-state index contributed by atoms with van der Waals surface area (Å²) in [6.45, 7) is 7.65. The quantitative estimate of drug-likeness (QED) is 0.406. The van der Waals surface area contributed by atoms with Crippen molar-refractivity contribution in [2.24, 2.45) is 39.2 Å². The molecule has 8 heteroatoms. The summed E-state index contributed by atoms with van der Waals surface area (Å²) >= 11 is 0. The molecule has 0 aromatic rings. The molecule has 0 bridgehead atoms. The lowest BCUT2D eigenvalue weighted by atomic mass is 9.47. The van der Waals surface area contributed by atoms with Crippen LogP contribution in [-0.2, 0) is 14.4 Å². The Morgan fingerprint density at radius 1 is 1.17 bits per heavy atom. The number of amides is 1. The third-order valence-electron chi connectivity index (χ3n) is 10.0. The number of nitrogens with one attached hydrogen (secondary N) is 1. The number of aliphatic carboxylic acids is 1. The number of aliphatic hydroxyl groups is 2. The molecule has 196 valence electrons. The molecule has 4 N–H and O–H groups in total. The van der Waals surface area contributed by atoms with Crippen LogP contribution in [0.3, 0.4) is 0 Å². The zero-order valence-electron chi connectivity index (χ0n) is 21.5. The van der Waals surface area contributed by atoms with Crippen molar-refractivity contribution >= 4 is 17.6 Å². The number of allylic oxidation sites excluding steroid dienone is 2. The molecule has 35 heavy (non-hydrogen) atoms. The van der Waals surface area contributed by atoms with E-state index in [4.69, 9.17) is 9.94 Å². The van der Waals surface area contributed by atoms with Crippen molar-refractivity contribution in [1.82, 2.24) is 5.32 Å². The molecule has 4 rings (SSSR count). The molecule has 4 aliphatic rings. The highest BCUT2D eigenvalue weighted by atomic mass is 16.6. The van der Waals surface area contributed by atoms with Gasteiger partial charge in [0.05, 0.1) is 11.8 Å². The second-order valence-electron chi connectivity index (χ2n) is 12.5. The first-order valence-electron chi connectivity index (χ1n) is 13.1. The van der Waals surface area contributed by atoms with E-state index >= 15 is 0 Å². The maximum absolute atomic E-state index is 12.1. The number of carboxylic acids is 1. The highest BCUT2D eigenvalue weighted by molar-refractivity contribution is 5.96. The Labute approximate surface area is 208 Å². The summed E-state index contributed by atoms with van der Waals surface area (Å²) < 4.78 is 0. The van der Waals surface area contributed by atoms with Gasteiger partial charge < -0.3 is 25.5 Å². The van der Waals surface area contributed by atoms with Gasteiger partial charge in [0.15, 0.2) is 12.7 Å². The molecule has 0 unspecified atom stereocenters. The van der Waals surface area contributed by atoms with E-state index in [2.05, 4.69) is 30.4 Å². The van der Waals surface area contributed by atoms with Gasteiger partial charge in [-0.15, -0.1) is 0 Å². The van der Waals surface area contributed by atoms with Gasteiger partial charge >= 0.3 is 5.97 Å². The van der Waals surface area contributed by atoms with Crippen molar-refractivity contribution in [2.45, 2.75) is 91.3 Å². The third kappa shape index (κ3) is 4.76. The van der Waals surface area contributed by atoms with Gasteiger partial charge in [-0.25, -0.2) is 4.79 Å². The monoisotopic (exact) mass is 490 g/mol. The van der Waals surface area contributed by atoms with Gasteiger partial charge in [-0.1, -0.05) is 38.4 Å². The first-order valence-corrected chi connectivity index (χ1v) is 13.1. The molecule has 0 heterocycles. The minimum atomic E-state index is -1.57. The molecule has 3 saturated carbocycles. The minimum absolute atomic E-state index is 0.0151. The zero-order chi connectivity index (χ0) is 25.6. The molecule has 0 spiro atoms. The van der Waals surface area contributed by atoms with E-state index in [1.807, 2.05) is 0 Å². The number of nitrogens with zero attached hydrogens (tertiary/aromatic N) is 1. The fourth-order valence-electron chi connectivity index (χ4n) is 7.60. The van der Waals surface area contributed by atoms with Gasteiger partial charge in [0.25, 0.3) is 5.91 Å². The summed E-state index contributed by atoms with van der Waals surface area (Å²) in [5, 5.41) is 36.2. The van der Waals surface area contributed by atoms with Crippen LogP contribution in [0.5, 0.6) is 0 Å². The van der Waals surface area contributed by atoms with Crippen LogP contribution in [0.25, 0.3) is 0 Å². The van der Waals surface area contributed by atoms with E-state index in [0.717, 1.165) is 44.2 Å². The Morgan fingerprint density at radius 2 is 1.91 bits per heavy atom. The average Bonchev–Trinajstić information content (AvgIpc) is 3.11. The van der Waals surface area contributed by atoms with Gasteiger partial charge in [-0.3, -0.25) is 4.79 Å². The van der Waals surface area contributed by atoms with Gasteiger partial charge in [0, 0.05) is 12.0 Å². The van der Waals surface area contributed by atoms with E-state index in [-0.39, 0.29) is 30.1 Å². The summed E-state index contributed by atoms with van der Waals surface area (Å²) in [5.74, 6) is 0.256. The number of carboxylic acid groups (broad SMARTS) is 1. The molecule has 4 aliphatic carbocycles. The SMILES string of the molecule is CC(C)(CNC(=O)CO/N=C1/C=C2CC[C@H]3[C@@H]4CC[C@H](O)[C@@]4(C)CC[C@@H]3[C@@]2(C)CC1)[C@@H](O)C(=O)O. The summed E-state index contributed by atoms with van der Waals surface area (Å²) in [6.07, 6.45) is 8.93. The highest BCUT2D eigenvalue weighted by Crippen LogP contribution is 2.65. The van der Waals surface area contributed by atoms with Gasteiger partial charge in [0.2, 0.25) is 0 Å². The lowest BCUT2D eigenvalue weighted by molar-refractivity contribution is -0.153. The molecular weight excluding hydrogens is 448 g/mol. The molecule has 8 nitrogen and oxygen atoms in total. The molecule has 0 aliphatic heterocycles. The van der Waals surface area contributed by atoms with Crippen LogP contribution in [0.4, 0.5) is 0 Å². The fourth-order valence-corrected chi connectivity index (χ4v) is 7.60. The highest BCUT2D eigenvalue weighted by Gasteiger charge is 2.58. The smallest absolute Gasteiger partial charge is 0.333 e. The Kier molecular flexibility index (Phi) is 7.10. The number of fused-ring (bicyclic) bond motifs is 5. The van der Waals surface area contributed by atoms with Crippen LogP contribution in [-0.4, -0.2) is 58.3 Å². The standard InChI is InChI=1S/C27H42N2O6/c1-25(2,23(32)24(33)34)15-28-22(31)14-35-29-17-9-11-26(3)16(13-17)5-6-18-19-7-8-21(30)27(19,4)12-10-20(18)26/h13,18-21,23,30,32H,5-12,14-15H2,1-4H3,(H,28,31)(H,33,34)/b29-17+/t18-,19-,20-,21-,23-,26-,27-/m0/s1. The number of rotatable bonds is 7. The van der Waals surface area contributed by atoms with E-state index in [9.17, 15) is 19.8 Å². The van der Waals surface area contributed by atoms with Gasteiger partial charge in [-0.2, -0.15) is 0 Å². The summed E-state index contributed by atoms with van der Waals surface area (Å²) in [6, 6.07) is 0. The third-order valence-corrected chi connectivity index (χ3v) is 10.0. The first kappa shape index (κ1) is 26.1. The van der Waals surface area contributed by atoms with Gasteiger partial charge in [0.1, 0.15) is 0 Å². The molecule has 0 aromatic heterocycles. The zero-order valence-corrected chi connectivity index (χ0v) is 21.5. The Morgan fingerprint density at radius 3 is 2.63 bits per heavy atom. The van der Waals surface area contributed by atoms with Crippen molar-refractivity contribution in [3.63, 3.8) is 0 Å². The summed E-state index contributed by atoms with van der Waals surface area (Å²) in [7, 11) is 0. The van der Waals surface area contributed by atoms with Crippen molar-refractivity contribution < 1.29 is 29.7 Å². The number of carbonyl (C=O) groups excluding carboxylic acids is 1. The Balaban J connectivity index is 1.33. The normalized spacial score (nSPS) is 38.6. The topological polar surface area (TPSA) is 128 Å². The fraction of sp³-hybridized carbons (Fsp3) is 0.815. The second-order valence-corrected chi connectivity index (χ2v) is 12.5. The maximum atomic E-state index is 12.1. The van der Waals surface area contributed by atoms with Crippen LogP contribution >= 0.6 is 0 Å². The van der Waals surface area contributed by atoms with Crippen molar-refractivity contribution in [2.75, 3.05) is 13.2 Å². The molecular formula is C27H42N2O6. The van der Waals surface area contributed by atoms with Crippen LogP contribution in [0.15, 0.2) is 16.8 Å². The predicted octanol–water partition coefficient (Wildman–Crippen LogP) is 3.27. The lowest BCUT2D eigenvalue weighted by Crippen LogP contribution is -2.51. The van der Waals surface area contributed by atoms with Crippen molar-refractivity contribution in [1.29, 1.82) is 0 Å². The number of aliphatic hydroxyl groups excluding tert-OH is 2. The van der Waals surface area contributed by atoms with Crippen LogP contribution < -0.4 is 5.32 Å². The van der Waals surface area contributed by atoms with Gasteiger partial charge in [-0.05, 0) is 86.0 Å². The predicted molar refractivity (Wildman–Crippen MR) is 132 cm³/mol. The Hall–Kier alpha value is -1.93. The van der Waals surface area contributed by atoms with Crippen LogP contribution in [0.1, 0.15) is 79.1 Å². The average molecular weight is 491 g/mol. The van der Waals surface area contributed by atoms with Crippen molar-refractivity contribution in [3.05, 3.63) is 11.6 Å². The molecule has 1 amide bonds. The van der Waals surface area contributed by atoms with E-state index in [0.29, 0.717) is 17.8 Å². The largest absolute Gasteiger partial charge is 0.479 e. The molecule has 3 fully saturated rings. The lowest BCUT2D eigenvalue weighted by Gasteiger charge is -2.57. The van der Waals surface area contributed by atoms with Crippen LogP contribution in [0.2, 0.25) is 0 Å². The molecule has 0 aromatic carbocycles. The minimum Gasteiger partial charge on any atom is -0.479 e. The van der Waals surface area contributed by atoms with E-state index in [1.54, 1.807) is 13.8 Å². The van der Waals surface area contributed by atoms with Crippen molar-refractivity contribution in [3.8, 4) is 0 Å². The first-order chi connectivity index (χ1) is 16.4.